The Labute approximate surface area is 146 Å². The molecule has 0 unspecified atom stereocenters. The minimum atomic E-state index is 0.729. The number of imidazole rings is 1. The van der Waals surface area contributed by atoms with Crippen LogP contribution in [-0.2, 0) is 6.54 Å². The summed E-state index contributed by atoms with van der Waals surface area (Å²) in [6.45, 7) is 2.87. The molecule has 2 nitrogen and oxygen atoms in total. The third kappa shape index (κ3) is 2.81. The maximum Gasteiger partial charge on any atom is 0.141 e. The zero-order valence-electron chi connectivity index (χ0n) is 13.4. The number of aryl methyl sites for hydroxylation is 1. The number of fused-ring (bicyclic) bond motifs is 1. The van der Waals surface area contributed by atoms with E-state index in [9.17, 15) is 0 Å². The van der Waals surface area contributed by atoms with Crippen LogP contribution in [0.5, 0.6) is 0 Å². The van der Waals surface area contributed by atoms with Crippen molar-refractivity contribution in [2.75, 3.05) is 0 Å². The average molecular weight is 333 g/mol. The maximum absolute atomic E-state index is 6.23. The first kappa shape index (κ1) is 15.0. The van der Waals surface area contributed by atoms with Gasteiger partial charge in [-0.2, -0.15) is 0 Å². The molecule has 24 heavy (non-hydrogen) atoms. The fourth-order valence-electron chi connectivity index (χ4n) is 3.03. The predicted molar refractivity (Wildman–Crippen MR) is 100 cm³/mol. The average Bonchev–Trinajstić information content (AvgIpc) is 2.94. The van der Waals surface area contributed by atoms with E-state index in [1.807, 2.05) is 24.3 Å². The molecule has 1 aromatic heterocycles. The molecule has 4 rings (SSSR count). The number of hydrogen-bond acceptors (Lipinski definition) is 1. The summed E-state index contributed by atoms with van der Waals surface area (Å²) in [5.41, 5.74) is 5.61. The van der Waals surface area contributed by atoms with E-state index in [-0.39, 0.29) is 0 Å². The third-order valence-electron chi connectivity index (χ3n) is 4.17. The van der Waals surface area contributed by atoms with Gasteiger partial charge in [-0.15, -0.1) is 0 Å². The first-order valence-corrected chi connectivity index (χ1v) is 8.35. The quantitative estimate of drug-likeness (QED) is 0.469. The Morgan fingerprint density at radius 2 is 1.75 bits per heavy atom. The van der Waals surface area contributed by atoms with Crippen molar-refractivity contribution < 1.29 is 0 Å². The molecular weight excluding hydrogens is 316 g/mol. The summed E-state index contributed by atoms with van der Waals surface area (Å²) in [7, 11) is 0. The Balaban J connectivity index is 1.93. The van der Waals surface area contributed by atoms with Crippen molar-refractivity contribution in [3.05, 3.63) is 88.9 Å². The molecule has 0 atom stereocenters. The molecule has 3 aromatic carbocycles. The first-order chi connectivity index (χ1) is 11.7. The molecule has 0 fully saturated rings. The number of aromatic nitrogens is 2. The zero-order chi connectivity index (χ0) is 16.5. The lowest BCUT2D eigenvalue weighted by atomic mass is 10.1. The number of halogens is 1. The van der Waals surface area contributed by atoms with Gasteiger partial charge in [0.1, 0.15) is 5.82 Å². The smallest absolute Gasteiger partial charge is 0.141 e. The van der Waals surface area contributed by atoms with E-state index in [4.69, 9.17) is 16.6 Å². The summed E-state index contributed by atoms with van der Waals surface area (Å²) in [5, 5.41) is 0.729. The maximum atomic E-state index is 6.23. The van der Waals surface area contributed by atoms with Crippen LogP contribution in [0, 0.1) is 6.92 Å². The molecule has 0 amide bonds. The van der Waals surface area contributed by atoms with Crippen LogP contribution in [0.3, 0.4) is 0 Å². The van der Waals surface area contributed by atoms with Crippen LogP contribution in [0.1, 0.15) is 11.1 Å². The molecule has 0 radical (unpaired) electrons. The van der Waals surface area contributed by atoms with E-state index in [0.29, 0.717) is 0 Å². The van der Waals surface area contributed by atoms with E-state index in [1.165, 1.54) is 11.1 Å². The van der Waals surface area contributed by atoms with Gasteiger partial charge in [-0.1, -0.05) is 65.7 Å². The molecule has 0 saturated heterocycles. The van der Waals surface area contributed by atoms with Crippen molar-refractivity contribution in [2.45, 2.75) is 13.5 Å². The Bertz CT molecular complexity index is 1000. The molecule has 0 saturated carbocycles. The van der Waals surface area contributed by atoms with Crippen molar-refractivity contribution in [1.82, 2.24) is 9.55 Å². The van der Waals surface area contributed by atoms with Gasteiger partial charge in [0, 0.05) is 17.1 Å². The topological polar surface area (TPSA) is 17.8 Å². The fourth-order valence-corrected chi connectivity index (χ4v) is 3.19. The fraction of sp³-hybridized carbons (Fsp3) is 0.0952. The third-order valence-corrected chi connectivity index (χ3v) is 4.41. The van der Waals surface area contributed by atoms with Crippen LogP contribution < -0.4 is 0 Å². The van der Waals surface area contributed by atoms with Crippen molar-refractivity contribution in [1.29, 1.82) is 0 Å². The largest absolute Gasteiger partial charge is 0.319 e. The highest BCUT2D eigenvalue weighted by Crippen LogP contribution is 2.28. The Morgan fingerprint density at radius 1 is 0.917 bits per heavy atom. The van der Waals surface area contributed by atoms with E-state index >= 15 is 0 Å². The van der Waals surface area contributed by atoms with Gasteiger partial charge in [0.15, 0.2) is 0 Å². The highest BCUT2D eigenvalue weighted by atomic mass is 35.5. The predicted octanol–water partition coefficient (Wildman–Crippen LogP) is 5.71. The highest BCUT2D eigenvalue weighted by Gasteiger charge is 2.13. The Hall–Kier alpha value is -2.58. The summed E-state index contributed by atoms with van der Waals surface area (Å²) in [4.78, 5) is 4.87. The van der Waals surface area contributed by atoms with Gasteiger partial charge >= 0.3 is 0 Å². The molecular formula is C21H17ClN2. The number of hydrogen-bond donors (Lipinski definition) is 0. The van der Waals surface area contributed by atoms with E-state index < -0.39 is 0 Å². The minimum absolute atomic E-state index is 0.729. The standard InChI is InChI=1S/C21H17ClN2/c1-15-6-5-9-17(12-15)21-23-19-11-10-18(22)13-20(19)24(21)14-16-7-3-2-4-8-16/h2-13H,14H2,1H3. The van der Waals surface area contributed by atoms with Gasteiger partial charge in [-0.25, -0.2) is 4.98 Å². The second-order valence-electron chi connectivity index (χ2n) is 6.01. The van der Waals surface area contributed by atoms with Gasteiger partial charge in [-0.3, -0.25) is 0 Å². The lowest BCUT2D eigenvalue weighted by molar-refractivity contribution is 0.834. The van der Waals surface area contributed by atoms with Crippen molar-refractivity contribution >= 4 is 22.6 Å². The van der Waals surface area contributed by atoms with Crippen LogP contribution in [0.25, 0.3) is 22.4 Å². The van der Waals surface area contributed by atoms with Gasteiger partial charge in [-0.05, 0) is 36.8 Å². The van der Waals surface area contributed by atoms with Crippen LogP contribution in [0.4, 0.5) is 0 Å². The second kappa shape index (κ2) is 6.14. The normalized spacial score (nSPS) is 11.1. The van der Waals surface area contributed by atoms with Crippen molar-refractivity contribution in [3.8, 4) is 11.4 Å². The van der Waals surface area contributed by atoms with Crippen molar-refractivity contribution in [3.63, 3.8) is 0 Å². The molecule has 118 valence electrons. The van der Waals surface area contributed by atoms with Crippen LogP contribution in [0.2, 0.25) is 5.02 Å². The van der Waals surface area contributed by atoms with Gasteiger partial charge in [0.25, 0.3) is 0 Å². The van der Waals surface area contributed by atoms with Crippen molar-refractivity contribution in [2.24, 2.45) is 0 Å². The Kier molecular flexibility index (Phi) is 3.83. The molecule has 0 bridgehead atoms. The SMILES string of the molecule is Cc1cccc(-c2nc3ccc(Cl)cc3n2Cc2ccccc2)c1. The molecule has 3 heteroatoms. The summed E-state index contributed by atoms with van der Waals surface area (Å²) in [6.07, 6.45) is 0. The monoisotopic (exact) mass is 332 g/mol. The van der Waals surface area contributed by atoms with Gasteiger partial charge in [0.05, 0.1) is 11.0 Å². The van der Waals surface area contributed by atoms with E-state index in [0.717, 1.165) is 34.0 Å². The van der Waals surface area contributed by atoms with Crippen LogP contribution in [-0.4, -0.2) is 9.55 Å². The molecule has 0 aliphatic rings. The summed E-state index contributed by atoms with van der Waals surface area (Å²) in [6, 6.07) is 24.8. The van der Waals surface area contributed by atoms with E-state index in [2.05, 4.69) is 60.0 Å². The molecule has 0 N–H and O–H groups in total. The first-order valence-electron chi connectivity index (χ1n) is 7.97. The van der Waals surface area contributed by atoms with Crippen LogP contribution >= 0.6 is 11.6 Å². The van der Waals surface area contributed by atoms with Gasteiger partial charge < -0.3 is 4.57 Å². The summed E-state index contributed by atoms with van der Waals surface area (Å²) < 4.78 is 2.24. The molecule has 1 heterocycles. The lowest BCUT2D eigenvalue weighted by Gasteiger charge is -2.10. The summed E-state index contributed by atoms with van der Waals surface area (Å²) in [5.74, 6) is 0.972. The lowest BCUT2D eigenvalue weighted by Crippen LogP contribution is -2.02. The molecule has 0 aliphatic carbocycles. The number of benzene rings is 3. The molecule has 0 spiro atoms. The number of nitrogens with zero attached hydrogens (tertiary/aromatic N) is 2. The highest BCUT2D eigenvalue weighted by molar-refractivity contribution is 6.31. The minimum Gasteiger partial charge on any atom is -0.319 e. The molecule has 0 aliphatic heterocycles. The second-order valence-corrected chi connectivity index (χ2v) is 6.45. The van der Waals surface area contributed by atoms with Crippen LogP contribution in [0.15, 0.2) is 72.8 Å². The zero-order valence-corrected chi connectivity index (χ0v) is 14.2. The Morgan fingerprint density at radius 3 is 2.54 bits per heavy atom. The number of rotatable bonds is 3. The summed E-state index contributed by atoms with van der Waals surface area (Å²) >= 11 is 6.23. The van der Waals surface area contributed by atoms with E-state index in [1.54, 1.807) is 0 Å². The molecule has 4 aromatic rings. The van der Waals surface area contributed by atoms with Gasteiger partial charge in [0.2, 0.25) is 0 Å².